The lowest BCUT2D eigenvalue weighted by Crippen LogP contribution is -2.37. The fourth-order valence-corrected chi connectivity index (χ4v) is 0.840. The van der Waals surface area contributed by atoms with Gasteiger partial charge in [0.25, 0.3) is 0 Å². The number of nitrogens with one attached hydrogen (secondary N) is 1. The Bertz CT molecular complexity index is 273. The molecule has 0 saturated carbocycles. The number of nitrogens with zero attached hydrogens (tertiary/aromatic N) is 2. The summed E-state index contributed by atoms with van der Waals surface area (Å²) in [5.41, 5.74) is -1.34. The Morgan fingerprint density at radius 1 is 1.64 bits per heavy atom. The Labute approximate surface area is 82.2 Å². The first-order chi connectivity index (χ1) is 6.50. The van der Waals surface area contributed by atoms with Gasteiger partial charge in [0.1, 0.15) is 12.0 Å². The maximum absolute atomic E-state index is 13.2. The lowest BCUT2D eigenvalue weighted by atomic mass is 10.0. The summed E-state index contributed by atoms with van der Waals surface area (Å²) >= 11 is 0. The molecule has 0 saturated heterocycles. The first-order valence-corrected chi connectivity index (χ1v) is 4.38. The Morgan fingerprint density at radius 3 is 2.86 bits per heavy atom. The number of rotatable bonds is 4. The van der Waals surface area contributed by atoms with Gasteiger partial charge in [0.05, 0.1) is 12.1 Å². The van der Waals surface area contributed by atoms with E-state index in [2.05, 4.69) is 15.5 Å². The quantitative estimate of drug-likeness (QED) is 0.759. The molecule has 0 amide bonds. The van der Waals surface area contributed by atoms with Crippen LogP contribution in [0.15, 0.2) is 18.3 Å². The van der Waals surface area contributed by atoms with Gasteiger partial charge in [-0.3, -0.25) is 0 Å². The third-order valence-electron chi connectivity index (χ3n) is 1.80. The van der Waals surface area contributed by atoms with Gasteiger partial charge in [-0.1, -0.05) is 0 Å². The highest BCUT2D eigenvalue weighted by Gasteiger charge is 2.26. The minimum Gasteiger partial charge on any atom is -0.387 e. The number of aliphatic hydroxyl groups is 1. The van der Waals surface area contributed by atoms with Gasteiger partial charge < -0.3 is 10.4 Å². The van der Waals surface area contributed by atoms with Crippen LogP contribution >= 0.6 is 0 Å². The minimum absolute atomic E-state index is 0.0161. The summed E-state index contributed by atoms with van der Waals surface area (Å²) < 4.78 is 13.2. The lowest BCUT2D eigenvalue weighted by molar-refractivity contribution is 0.00320. The van der Waals surface area contributed by atoms with Gasteiger partial charge in [0, 0.05) is 6.20 Å². The molecule has 1 aromatic rings. The maximum Gasteiger partial charge on any atom is 0.148 e. The second-order valence-electron chi connectivity index (χ2n) is 3.61. The van der Waals surface area contributed by atoms with E-state index in [1.165, 1.54) is 20.0 Å². The third-order valence-corrected chi connectivity index (χ3v) is 1.80. The molecule has 0 spiro atoms. The van der Waals surface area contributed by atoms with Crippen LogP contribution in [0.25, 0.3) is 0 Å². The maximum atomic E-state index is 13.2. The fraction of sp³-hybridized carbons (Fsp3) is 0.556. The van der Waals surface area contributed by atoms with Gasteiger partial charge in [-0.05, 0) is 26.0 Å². The SMILES string of the molecule is CC(C)(O)C(F)CNc1cccnn1. The van der Waals surface area contributed by atoms with E-state index in [0.29, 0.717) is 5.82 Å². The highest BCUT2D eigenvalue weighted by atomic mass is 19.1. The van der Waals surface area contributed by atoms with Crippen molar-refractivity contribution in [3.05, 3.63) is 18.3 Å². The van der Waals surface area contributed by atoms with E-state index in [4.69, 9.17) is 0 Å². The Balaban J connectivity index is 2.42. The zero-order valence-corrected chi connectivity index (χ0v) is 8.24. The molecule has 0 aliphatic rings. The molecule has 78 valence electrons. The van der Waals surface area contributed by atoms with Gasteiger partial charge in [0.2, 0.25) is 0 Å². The monoisotopic (exact) mass is 199 g/mol. The van der Waals surface area contributed by atoms with Crippen molar-refractivity contribution in [1.82, 2.24) is 10.2 Å². The summed E-state index contributed by atoms with van der Waals surface area (Å²) in [6.07, 6.45) is 0.193. The van der Waals surface area contributed by atoms with Crippen molar-refractivity contribution >= 4 is 5.82 Å². The Kier molecular flexibility index (Phi) is 3.35. The molecule has 1 rings (SSSR count). The molecule has 0 aromatic carbocycles. The second kappa shape index (κ2) is 4.32. The van der Waals surface area contributed by atoms with E-state index in [1.807, 2.05) is 0 Å². The van der Waals surface area contributed by atoms with Crippen molar-refractivity contribution in [3.63, 3.8) is 0 Å². The number of anilines is 1. The standard InChI is InChI=1S/C9H14FN3O/c1-9(2,14)7(10)6-11-8-4-3-5-12-13-8/h3-5,7,14H,6H2,1-2H3,(H,11,13). The largest absolute Gasteiger partial charge is 0.387 e. The summed E-state index contributed by atoms with van der Waals surface area (Å²) in [6.45, 7) is 2.87. The predicted molar refractivity (Wildman–Crippen MR) is 51.7 cm³/mol. The molecule has 0 bridgehead atoms. The van der Waals surface area contributed by atoms with Crippen LogP contribution in [0.1, 0.15) is 13.8 Å². The van der Waals surface area contributed by atoms with Crippen LogP contribution in [0.5, 0.6) is 0 Å². The minimum atomic E-state index is -1.34. The number of aromatic nitrogens is 2. The molecule has 4 nitrogen and oxygen atoms in total. The molecule has 0 fully saturated rings. The highest BCUT2D eigenvalue weighted by Crippen LogP contribution is 2.12. The van der Waals surface area contributed by atoms with Crippen LogP contribution in [0, 0.1) is 0 Å². The highest BCUT2D eigenvalue weighted by molar-refractivity contribution is 5.31. The molecule has 1 heterocycles. The van der Waals surface area contributed by atoms with Gasteiger partial charge in [0.15, 0.2) is 0 Å². The van der Waals surface area contributed by atoms with Gasteiger partial charge in [-0.25, -0.2) is 4.39 Å². The van der Waals surface area contributed by atoms with E-state index >= 15 is 0 Å². The van der Waals surface area contributed by atoms with Crippen molar-refractivity contribution in [2.75, 3.05) is 11.9 Å². The molecule has 1 aromatic heterocycles. The molecule has 0 aliphatic heterocycles. The normalized spacial score (nSPS) is 13.7. The van der Waals surface area contributed by atoms with E-state index in [-0.39, 0.29) is 6.54 Å². The van der Waals surface area contributed by atoms with E-state index in [9.17, 15) is 9.50 Å². The molecule has 5 heteroatoms. The van der Waals surface area contributed by atoms with Crippen LogP contribution < -0.4 is 5.32 Å². The van der Waals surface area contributed by atoms with Crippen molar-refractivity contribution < 1.29 is 9.50 Å². The van der Waals surface area contributed by atoms with Crippen LogP contribution in [0.2, 0.25) is 0 Å². The number of alkyl halides is 1. The summed E-state index contributed by atoms with van der Waals surface area (Å²) in [4.78, 5) is 0. The summed E-state index contributed by atoms with van der Waals surface area (Å²) in [5, 5.41) is 19.4. The van der Waals surface area contributed by atoms with Crippen molar-refractivity contribution in [2.45, 2.75) is 25.6 Å². The van der Waals surface area contributed by atoms with E-state index < -0.39 is 11.8 Å². The third kappa shape index (κ3) is 3.26. The van der Waals surface area contributed by atoms with Crippen LogP contribution in [0.4, 0.5) is 10.2 Å². The van der Waals surface area contributed by atoms with Gasteiger partial charge in [-0.2, -0.15) is 5.10 Å². The average Bonchev–Trinajstić information content (AvgIpc) is 2.14. The molecule has 0 aliphatic carbocycles. The Morgan fingerprint density at radius 2 is 2.36 bits per heavy atom. The number of halogens is 1. The van der Waals surface area contributed by atoms with Crippen molar-refractivity contribution in [1.29, 1.82) is 0 Å². The molecule has 1 unspecified atom stereocenters. The predicted octanol–water partition coefficient (Wildman–Crippen LogP) is 0.997. The molecule has 2 N–H and O–H groups in total. The van der Waals surface area contributed by atoms with Crippen LogP contribution in [-0.4, -0.2) is 33.6 Å². The van der Waals surface area contributed by atoms with Gasteiger partial charge >= 0.3 is 0 Å². The molecule has 0 radical (unpaired) electrons. The first-order valence-electron chi connectivity index (χ1n) is 4.38. The lowest BCUT2D eigenvalue weighted by Gasteiger charge is -2.22. The van der Waals surface area contributed by atoms with E-state index in [1.54, 1.807) is 12.1 Å². The fourth-order valence-electron chi connectivity index (χ4n) is 0.840. The summed E-state index contributed by atoms with van der Waals surface area (Å²) in [5.74, 6) is 0.499. The molecular weight excluding hydrogens is 185 g/mol. The van der Waals surface area contributed by atoms with Crippen molar-refractivity contribution in [3.8, 4) is 0 Å². The second-order valence-corrected chi connectivity index (χ2v) is 3.61. The smallest absolute Gasteiger partial charge is 0.148 e. The van der Waals surface area contributed by atoms with Crippen molar-refractivity contribution in [2.24, 2.45) is 0 Å². The van der Waals surface area contributed by atoms with Crippen LogP contribution in [0.3, 0.4) is 0 Å². The van der Waals surface area contributed by atoms with Gasteiger partial charge in [-0.15, -0.1) is 5.10 Å². The number of hydrogen-bond donors (Lipinski definition) is 2. The zero-order valence-electron chi connectivity index (χ0n) is 8.24. The topological polar surface area (TPSA) is 58.0 Å². The molecule has 1 atom stereocenters. The average molecular weight is 199 g/mol. The molecule has 14 heavy (non-hydrogen) atoms. The molecular formula is C9H14FN3O. The van der Waals surface area contributed by atoms with Crippen LogP contribution in [-0.2, 0) is 0 Å². The Hall–Kier alpha value is -1.23. The summed E-state index contributed by atoms with van der Waals surface area (Å²) in [7, 11) is 0. The first kappa shape index (κ1) is 10.8. The zero-order chi connectivity index (χ0) is 10.6. The van der Waals surface area contributed by atoms with E-state index in [0.717, 1.165) is 0 Å². The number of hydrogen-bond acceptors (Lipinski definition) is 4. The summed E-state index contributed by atoms with van der Waals surface area (Å²) in [6, 6.07) is 3.39.